The molecule has 2 heterocycles. The molecule has 1 saturated carbocycles. The number of oxazole rings is 1. The minimum atomic E-state index is -0.810. The summed E-state index contributed by atoms with van der Waals surface area (Å²) in [6.45, 7) is 1.39. The molecule has 2 amide bonds. The van der Waals surface area contributed by atoms with Gasteiger partial charge in [-0.2, -0.15) is 0 Å². The van der Waals surface area contributed by atoms with E-state index in [1.807, 2.05) is 0 Å². The van der Waals surface area contributed by atoms with Crippen molar-refractivity contribution in [2.45, 2.75) is 50.6 Å². The number of hydrogen-bond acceptors (Lipinski definition) is 5. The number of amides is 2. The predicted molar refractivity (Wildman–Crippen MR) is 100 cm³/mol. The molecule has 3 N–H and O–H groups in total. The third-order valence-corrected chi connectivity index (χ3v) is 5.63. The fourth-order valence-electron chi connectivity index (χ4n) is 3.71. The molecule has 0 unspecified atom stereocenters. The molecule has 1 aromatic carbocycles. The fraction of sp³-hybridized carbons (Fsp3) is 0.526. The summed E-state index contributed by atoms with van der Waals surface area (Å²) < 4.78 is 6.57. The minimum Gasteiger partial charge on any atom is -0.408 e. The maximum absolute atomic E-state index is 12.5. The maximum atomic E-state index is 12.5. The molecule has 0 bridgehead atoms. The zero-order valence-electron chi connectivity index (χ0n) is 15.2. The predicted octanol–water partition coefficient (Wildman–Crippen LogP) is 1.43. The van der Waals surface area contributed by atoms with Crippen LogP contribution in [0.4, 0.5) is 5.69 Å². The van der Waals surface area contributed by atoms with Gasteiger partial charge in [-0.25, -0.2) is 4.79 Å². The molecular weight excluding hydrogens is 348 g/mol. The Balaban J connectivity index is 1.57. The summed E-state index contributed by atoms with van der Waals surface area (Å²) in [5.74, 6) is -0.896. The highest BCUT2D eigenvalue weighted by Crippen LogP contribution is 2.30. The quantitative estimate of drug-likeness (QED) is 0.843. The molecule has 0 spiro atoms. The van der Waals surface area contributed by atoms with Gasteiger partial charge in [0, 0.05) is 18.8 Å². The summed E-state index contributed by atoms with van der Waals surface area (Å²) in [5.41, 5.74) is 6.65. The van der Waals surface area contributed by atoms with Crippen molar-refractivity contribution < 1.29 is 14.0 Å². The van der Waals surface area contributed by atoms with Crippen LogP contribution in [0.1, 0.15) is 38.5 Å². The minimum absolute atomic E-state index is 0.0654. The van der Waals surface area contributed by atoms with Crippen LogP contribution < -0.4 is 16.8 Å². The van der Waals surface area contributed by atoms with Gasteiger partial charge in [-0.1, -0.05) is 0 Å². The Bertz CT molecular complexity index is 935. The number of hydrogen-bond donors (Lipinski definition) is 2. The van der Waals surface area contributed by atoms with Gasteiger partial charge in [0.15, 0.2) is 5.58 Å². The number of anilines is 1. The second-order valence-electron chi connectivity index (χ2n) is 7.54. The number of piperidine rings is 1. The summed E-state index contributed by atoms with van der Waals surface area (Å²) in [6, 6.07) is 4.95. The number of rotatable bonds is 4. The van der Waals surface area contributed by atoms with Crippen LogP contribution in [-0.4, -0.2) is 39.9 Å². The van der Waals surface area contributed by atoms with Crippen molar-refractivity contribution in [2.75, 3.05) is 18.4 Å². The maximum Gasteiger partial charge on any atom is 0.420 e. The Hall–Kier alpha value is -2.61. The number of carbonyl (C=O) groups excluding carboxylic acids is 2. The molecule has 27 heavy (non-hydrogen) atoms. The average Bonchev–Trinajstić information content (AvgIpc) is 2.95. The molecule has 144 valence electrons. The largest absolute Gasteiger partial charge is 0.420 e. The Kier molecular flexibility index (Phi) is 4.51. The summed E-state index contributed by atoms with van der Waals surface area (Å²) in [4.78, 5) is 38.9. The first-order valence-electron chi connectivity index (χ1n) is 9.48. The van der Waals surface area contributed by atoms with Gasteiger partial charge in [0.2, 0.25) is 11.8 Å². The van der Waals surface area contributed by atoms with Crippen molar-refractivity contribution >= 4 is 28.6 Å². The van der Waals surface area contributed by atoms with E-state index < -0.39 is 11.3 Å². The number of aromatic nitrogens is 1. The van der Waals surface area contributed by atoms with Crippen LogP contribution in [-0.2, 0) is 16.1 Å². The summed E-state index contributed by atoms with van der Waals surface area (Å²) in [6.07, 6.45) is 5.39. The molecule has 1 saturated heterocycles. The van der Waals surface area contributed by atoms with Gasteiger partial charge >= 0.3 is 5.76 Å². The number of likely N-dealkylation sites (tertiary alicyclic amines) is 1. The molecule has 8 nitrogen and oxygen atoms in total. The lowest BCUT2D eigenvalue weighted by Gasteiger charge is -2.36. The lowest BCUT2D eigenvalue weighted by atomic mass is 9.77. The van der Waals surface area contributed by atoms with Crippen molar-refractivity contribution in [3.05, 3.63) is 28.7 Å². The van der Waals surface area contributed by atoms with Crippen LogP contribution in [0.15, 0.2) is 27.4 Å². The van der Waals surface area contributed by atoms with Crippen molar-refractivity contribution in [3.63, 3.8) is 0 Å². The van der Waals surface area contributed by atoms with Crippen molar-refractivity contribution in [3.8, 4) is 0 Å². The first-order chi connectivity index (χ1) is 13.0. The molecule has 0 atom stereocenters. The monoisotopic (exact) mass is 372 g/mol. The van der Waals surface area contributed by atoms with Crippen molar-refractivity contribution in [1.29, 1.82) is 0 Å². The van der Waals surface area contributed by atoms with Gasteiger partial charge < -0.3 is 20.4 Å². The van der Waals surface area contributed by atoms with Crippen LogP contribution in [0.5, 0.6) is 0 Å². The lowest BCUT2D eigenvalue weighted by molar-refractivity contribution is -0.132. The smallest absolute Gasteiger partial charge is 0.408 e. The molecule has 1 aliphatic carbocycles. The number of benzene rings is 1. The highest BCUT2D eigenvalue weighted by Gasteiger charge is 2.40. The van der Waals surface area contributed by atoms with Crippen molar-refractivity contribution in [2.24, 2.45) is 5.73 Å². The van der Waals surface area contributed by atoms with E-state index in [-0.39, 0.29) is 18.4 Å². The van der Waals surface area contributed by atoms with E-state index in [9.17, 15) is 14.4 Å². The molecule has 1 aliphatic heterocycles. The molecule has 2 aromatic rings. The zero-order valence-corrected chi connectivity index (χ0v) is 15.2. The van der Waals surface area contributed by atoms with Gasteiger partial charge in [0.1, 0.15) is 6.54 Å². The Morgan fingerprint density at radius 2 is 1.89 bits per heavy atom. The molecule has 2 aliphatic rings. The van der Waals surface area contributed by atoms with Crippen LogP contribution >= 0.6 is 0 Å². The number of nitrogens with zero attached hydrogens (tertiary/aromatic N) is 2. The van der Waals surface area contributed by atoms with Crippen LogP contribution in [0.3, 0.4) is 0 Å². The lowest BCUT2D eigenvalue weighted by Crippen LogP contribution is -2.56. The first-order valence-corrected chi connectivity index (χ1v) is 9.48. The Morgan fingerprint density at radius 3 is 2.56 bits per heavy atom. The number of nitrogens with two attached hydrogens (primary N) is 1. The van der Waals surface area contributed by atoms with Gasteiger partial charge in [-0.05, 0) is 56.7 Å². The van der Waals surface area contributed by atoms with E-state index in [0.717, 1.165) is 38.8 Å². The molecule has 2 fully saturated rings. The van der Waals surface area contributed by atoms with E-state index in [1.54, 1.807) is 23.1 Å². The average molecular weight is 372 g/mol. The van der Waals surface area contributed by atoms with Gasteiger partial charge in [0.25, 0.3) is 0 Å². The standard InChI is InChI=1S/C19H24N4O4/c20-19(7-4-8-19)17(25)21-13-5-6-15-14(11-13)23(18(26)27-15)12-16(24)22-9-2-1-3-10-22/h5-6,11H,1-4,7-10,12,20H2,(H,21,25). The van der Waals surface area contributed by atoms with E-state index in [2.05, 4.69) is 5.32 Å². The van der Waals surface area contributed by atoms with E-state index >= 15 is 0 Å². The van der Waals surface area contributed by atoms with Crippen LogP contribution in [0, 0.1) is 0 Å². The third-order valence-electron chi connectivity index (χ3n) is 5.63. The third kappa shape index (κ3) is 3.37. The molecule has 1 aromatic heterocycles. The highest BCUT2D eigenvalue weighted by molar-refractivity contribution is 5.99. The Labute approximate surface area is 156 Å². The van der Waals surface area contributed by atoms with Crippen LogP contribution in [0.2, 0.25) is 0 Å². The van der Waals surface area contributed by atoms with Crippen LogP contribution in [0.25, 0.3) is 11.1 Å². The molecule has 4 rings (SSSR count). The molecule has 0 radical (unpaired) electrons. The normalized spacial score (nSPS) is 18.9. The van der Waals surface area contributed by atoms with Crippen molar-refractivity contribution in [1.82, 2.24) is 9.47 Å². The highest BCUT2D eigenvalue weighted by atomic mass is 16.4. The zero-order chi connectivity index (χ0) is 19.0. The summed E-state index contributed by atoms with van der Waals surface area (Å²) in [7, 11) is 0. The Morgan fingerprint density at radius 1 is 1.15 bits per heavy atom. The summed E-state index contributed by atoms with van der Waals surface area (Å²) >= 11 is 0. The first kappa shape index (κ1) is 17.8. The molecular formula is C19H24N4O4. The van der Waals surface area contributed by atoms with Gasteiger partial charge in [-0.3, -0.25) is 14.2 Å². The topological polar surface area (TPSA) is 111 Å². The number of nitrogens with one attached hydrogen (secondary N) is 1. The fourth-order valence-corrected chi connectivity index (χ4v) is 3.71. The second-order valence-corrected chi connectivity index (χ2v) is 7.54. The second kappa shape index (κ2) is 6.84. The SMILES string of the molecule is NC1(C(=O)Nc2ccc3oc(=O)n(CC(=O)N4CCCCC4)c3c2)CCC1. The summed E-state index contributed by atoms with van der Waals surface area (Å²) in [5, 5.41) is 2.81. The van der Waals surface area contributed by atoms with Gasteiger partial charge in [-0.15, -0.1) is 0 Å². The van der Waals surface area contributed by atoms with Gasteiger partial charge in [0.05, 0.1) is 11.1 Å². The van der Waals surface area contributed by atoms with E-state index in [0.29, 0.717) is 29.6 Å². The number of fused-ring (bicyclic) bond motifs is 1. The number of carbonyl (C=O) groups is 2. The van der Waals surface area contributed by atoms with E-state index in [1.165, 1.54) is 4.57 Å². The van der Waals surface area contributed by atoms with E-state index in [4.69, 9.17) is 10.2 Å². The molecule has 8 heteroatoms.